The van der Waals surface area contributed by atoms with Gasteiger partial charge in [0.25, 0.3) is 5.91 Å². The summed E-state index contributed by atoms with van der Waals surface area (Å²) in [5, 5.41) is 5.62. The minimum absolute atomic E-state index is 0.0509. The van der Waals surface area contributed by atoms with E-state index < -0.39 is 15.7 Å². The maximum Gasteiger partial charge on any atom is 0.280 e. The van der Waals surface area contributed by atoms with Gasteiger partial charge in [0.2, 0.25) is 0 Å². The number of anilines is 2. The first-order valence-corrected chi connectivity index (χ1v) is 12.4. The molecule has 10 nitrogen and oxygen atoms in total. The standard InChI is InChI=1S/C20H26ClN7O3S/c21-16-18(23)27-17(22)15(26-16)19(29)28-20-24-11-14(25-20)9-5-2-6-10-32(30,31)12-13-7-3-1-4-8-13/h1,3-4,7-8,14H,2,5-6,9-12H2,(H4,22,23,27)(H2,24,25,28,29)/t14-/m1/s1. The number of nitrogens with two attached hydrogens (primary N) is 2. The van der Waals surface area contributed by atoms with Crippen LogP contribution in [0.15, 0.2) is 35.3 Å². The second-order valence-electron chi connectivity index (χ2n) is 7.55. The molecule has 1 aromatic heterocycles. The molecular formula is C20H26ClN7O3S. The Balaban J connectivity index is 1.36. The van der Waals surface area contributed by atoms with Crippen molar-refractivity contribution in [3.8, 4) is 0 Å². The van der Waals surface area contributed by atoms with E-state index in [-0.39, 0.29) is 40.0 Å². The highest BCUT2D eigenvalue weighted by Crippen LogP contribution is 2.17. The van der Waals surface area contributed by atoms with Crippen molar-refractivity contribution in [2.75, 3.05) is 23.8 Å². The molecule has 1 atom stereocenters. The van der Waals surface area contributed by atoms with Crippen molar-refractivity contribution in [2.45, 2.75) is 37.5 Å². The van der Waals surface area contributed by atoms with Crippen molar-refractivity contribution in [1.82, 2.24) is 20.6 Å². The number of hydrogen-bond donors (Lipinski definition) is 4. The number of aliphatic imine (C=N–C) groups is 1. The Morgan fingerprint density at radius 2 is 1.88 bits per heavy atom. The molecular weight excluding hydrogens is 454 g/mol. The van der Waals surface area contributed by atoms with Gasteiger partial charge in [0.1, 0.15) is 0 Å². The number of nitrogens with one attached hydrogen (secondary N) is 2. The maximum atomic E-state index is 12.3. The fourth-order valence-corrected chi connectivity index (χ4v) is 4.91. The number of nitrogen functional groups attached to an aromatic ring is 2. The second-order valence-corrected chi connectivity index (χ2v) is 10.1. The molecule has 3 rings (SSSR count). The number of halogens is 1. The van der Waals surface area contributed by atoms with Crippen LogP contribution in [-0.2, 0) is 15.6 Å². The van der Waals surface area contributed by atoms with Crippen molar-refractivity contribution in [3.63, 3.8) is 0 Å². The van der Waals surface area contributed by atoms with Gasteiger partial charge >= 0.3 is 0 Å². The third-order valence-corrected chi connectivity index (χ3v) is 6.86. The molecule has 0 saturated heterocycles. The number of benzene rings is 1. The van der Waals surface area contributed by atoms with Crippen molar-refractivity contribution in [1.29, 1.82) is 0 Å². The summed E-state index contributed by atoms with van der Waals surface area (Å²) in [5.74, 6) is -0.202. The van der Waals surface area contributed by atoms with Crippen LogP contribution in [0.3, 0.4) is 0 Å². The van der Waals surface area contributed by atoms with E-state index in [1.165, 1.54) is 0 Å². The number of amides is 1. The largest absolute Gasteiger partial charge is 0.382 e. The lowest BCUT2D eigenvalue weighted by molar-refractivity contribution is 0.0972. The van der Waals surface area contributed by atoms with Gasteiger partial charge < -0.3 is 16.8 Å². The Labute approximate surface area is 191 Å². The summed E-state index contributed by atoms with van der Waals surface area (Å²) in [5.41, 5.74) is 11.9. The number of carbonyl (C=O) groups excluding carboxylic acids is 1. The second kappa shape index (κ2) is 10.6. The molecule has 1 aliphatic heterocycles. The number of hydrogen-bond acceptors (Lipinski definition) is 9. The van der Waals surface area contributed by atoms with Gasteiger partial charge in [0, 0.05) is 6.04 Å². The Morgan fingerprint density at radius 1 is 1.12 bits per heavy atom. The third kappa shape index (κ3) is 6.79. The van der Waals surface area contributed by atoms with E-state index in [1.807, 2.05) is 30.3 Å². The number of nitrogens with zero attached hydrogens (tertiary/aromatic N) is 3. The highest BCUT2D eigenvalue weighted by atomic mass is 35.5. The average Bonchev–Trinajstić information content (AvgIpc) is 3.17. The van der Waals surface area contributed by atoms with Crippen LogP contribution < -0.4 is 22.1 Å². The summed E-state index contributed by atoms with van der Waals surface area (Å²) in [7, 11) is -3.12. The summed E-state index contributed by atoms with van der Waals surface area (Å²) in [6.07, 6.45) is 3.06. The minimum Gasteiger partial charge on any atom is -0.382 e. The monoisotopic (exact) mass is 479 g/mol. The number of sulfone groups is 1. The lowest BCUT2D eigenvalue weighted by atomic mass is 10.1. The molecule has 2 aromatic rings. The number of carbonyl (C=O) groups is 1. The summed E-state index contributed by atoms with van der Waals surface area (Å²) in [6, 6.07) is 9.25. The Hall–Kier alpha value is -2.92. The summed E-state index contributed by atoms with van der Waals surface area (Å²) in [6.45, 7) is 0.506. The number of guanidine groups is 1. The molecule has 0 bridgehead atoms. The SMILES string of the molecule is Nc1nc(N)c(C(=O)NC2=NC[C@@H](CCCCCS(=O)(=O)Cc3ccccc3)N2)nc1Cl. The predicted octanol–water partition coefficient (Wildman–Crippen LogP) is 1.53. The zero-order valence-electron chi connectivity index (χ0n) is 17.4. The Kier molecular flexibility index (Phi) is 7.86. The van der Waals surface area contributed by atoms with Gasteiger partial charge in [-0.05, 0) is 18.4 Å². The third-order valence-electron chi connectivity index (χ3n) is 4.90. The highest BCUT2D eigenvalue weighted by molar-refractivity contribution is 7.90. The first-order chi connectivity index (χ1) is 15.2. The molecule has 0 saturated carbocycles. The van der Waals surface area contributed by atoms with E-state index in [0.29, 0.717) is 18.9 Å². The smallest absolute Gasteiger partial charge is 0.280 e. The van der Waals surface area contributed by atoms with Crippen LogP contribution in [0.2, 0.25) is 5.15 Å². The first kappa shape index (κ1) is 23.7. The van der Waals surface area contributed by atoms with Crippen LogP contribution in [0.25, 0.3) is 0 Å². The van der Waals surface area contributed by atoms with Crippen molar-refractivity contribution in [3.05, 3.63) is 46.7 Å². The van der Waals surface area contributed by atoms with E-state index in [1.54, 1.807) is 0 Å². The van der Waals surface area contributed by atoms with Gasteiger partial charge in [0.05, 0.1) is 18.1 Å². The molecule has 0 unspecified atom stereocenters. The summed E-state index contributed by atoms with van der Waals surface area (Å²) < 4.78 is 24.5. The highest BCUT2D eigenvalue weighted by Gasteiger charge is 2.22. The molecule has 0 fully saturated rings. The van der Waals surface area contributed by atoms with E-state index in [9.17, 15) is 13.2 Å². The van der Waals surface area contributed by atoms with Gasteiger partial charge in [-0.3, -0.25) is 15.1 Å². The average molecular weight is 480 g/mol. The number of unbranched alkanes of at least 4 members (excludes halogenated alkanes) is 2. The van der Waals surface area contributed by atoms with E-state index in [2.05, 4.69) is 25.6 Å². The minimum atomic E-state index is -3.12. The van der Waals surface area contributed by atoms with E-state index >= 15 is 0 Å². The molecule has 172 valence electrons. The van der Waals surface area contributed by atoms with Crippen LogP contribution in [0, 0.1) is 0 Å². The van der Waals surface area contributed by atoms with Gasteiger partial charge in [-0.15, -0.1) is 0 Å². The van der Waals surface area contributed by atoms with E-state index in [0.717, 1.165) is 24.8 Å². The first-order valence-electron chi connectivity index (χ1n) is 10.2. The zero-order chi connectivity index (χ0) is 23.1. The number of rotatable bonds is 9. The molecule has 12 heteroatoms. The van der Waals surface area contributed by atoms with Crippen molar-refractivity contribution >= 4 is 44.9 Å². The van der Waals surface area contributed by atoms with Gasteiger partial charge in [-0.25, -0.2) is 18.4 Å². The fourth-order valence-electron chi connectivity index (χ4n) is 3.29. The van der Waals surface area contributed by atoms with Crippen LogP contribution in [-0.4, -0.2) is 48.6 Å². The van der Waals surface area contributed by atoms with Crippen LogP contribution in [0.1, 0.15) is 41.7 Å². The van der Waals surface area contributed by atoms with E-state index in [4.69, 9.17) is 23.1 Å². The van der Waals surface area contributed by atoms with Crippen LogP contribution in [0.5, 0.6) is 0 Å². The molecule has 1 aliphatic rings. The van der Waals surface area contributed by atoms with Gasteiger partial charge in [-0.1, -0.05) is 54.8 Å². The molecule has 2 heterocycles. The molecule has 1 aromatic carbocycles. The van der Waals surface area contributed by atoms with Crippen LogP contribution >= 0.6 is 11.6 Å². The lowest BCUT2D eigenvalue weighted by Crippen LogP contribution is -2.42. The van der Waals surface area contributed by atoms with Gasteiger partial charge in [0.15, 0.2) is 38.3 Å². The van der Waals surface area contributed by atoms with Crippen LogP contribution in [0.4, 0.5) is 11.6 Å². The van der Waals surface area contributed by atoms with Crippen molar-refractivity contribution < 1.29 is 13.2 Å². The fraction of sp³-hybridized carbons (Fsp3) is 0.400. The predicted molar refractivity (Wildman–Crippen MR) is 125 cm³/mol. The molecule has 32 heavy (non-hydrogen) atoms. The summed E-state index contributed by atoms with van der Waals surface area (Å²) in [4.78, 5) is 24.3. The van der Waals surface area contributed by atoms with Crippen molar-refractivity contribution in [2.24, 2.45) is 4.99 Å². The summed E-state index contributed by atoms with van der Waals surface area (Å²) >= 11 is 5.80. The Bertz CT molecular complexity index is 1090. The maximum absolute atomic E-state index is 12.3. The molecule has 6 N–H and O–H groups in total. The topological polar surface area (TPSA) is 165 Å². The quantitative estimate of drug-likeness (QED) is 0.393. The number of aromatic nitrogens is 2. The normalized spacial score (nSPS) is 15.8. The molecule has 1 amide bonds. The molecule has 0 aliphatic carbocycles. The lowest BCUT2D eigenvalue weighted by Gasteiger charge is -2.12. The molecule has 0 radical (unpaired) electrons. The Morgan fingerprint density at radius 3 is 2.62 bits per heavy atom. The zero-order valence-corrected chi connectivity index (χ0v) is 19.0. The van der Waals surface area contributed by atoms with Gasteiger partial charge in [-0.2, -0.15) is 0 Å². The molecule has 0 spiro atoms.